The number of carbonyl (C=O) groups is 1. The Labute approximate surface area is 59.2 Å². The van der Waals surface area contributed by atoms with E-state index in [0.29, 0.717) is 0 Å². The Kier molecular flexibility index (Phi) is 3.68. The van der Waals surface area contributed by atoms with Gasteiger partial charge in [-0.3, -0.25) is 5.32 Å². The van der Waals surface area contributed by atoms with Gasteiger partial charge in [0, 0.05) is 5.57 Å². The lowest BCUT2D eigenvalue weighted by molar-refractivity contribution is -0.132. The molecular formula is C6H11NO3. The van der Waals surface area contributed by atoms with Crippen molar-refractivity contribution in [1.29, 1.82) is 0 Å². The van der Waals surface area contributed by atoms with E-state index in [4.69, 9.17) is 10.2 Å². The molecule has 58 valence electrons. The monoisotopic (exact) mass is 145 g/mol. The van der Waals surface area contributed by atoms with E-state index in [1.165, 1.54) is 20.0 Å². The van der Waals surface area contributed by atoms with Crippen molar-refractivity contribution in [2.45, 2.75) is 13.2 Å². The van der Waals surface area contributed by atoms with Crippen LogP contribution in [0.5, 0.6) is 0 Å². The summed E-state index contributed by atoms with van der Waals surface area (Å²) in [5.41, 5.74) is 0.127. The third-order valence-electron chi connectivity index (χ3n) is 1.04. The van der Waals surface area contributed by atoms with Gasteiger partial charge in [0.05, 0.1) is 0 Å². The zero-order chi connectivity index (χ0) is 8.15. The molecule has 0 amide bonds. The van der Waals surface area contributed by atoms with Crippen molar-refractivity contribution in [3.05, 3.63) is 11.6 Å². The maximum Gasteiger partial charge on any atom is 0.331 e. The highest BCUT2D eigenvalue weighted by molar-refractivity contribution is 5.85. The maximum absolute atomic E-state index is 10.1. The molecule has 0 aromatic carbocycles. The van der Waals surface area contributed by atoms with Gasteiger partial charge in [0.2, 0.25) is 0 Å². The van der Waals surface area contributed by atoms with Crippen LogP contribution in [0.3, 0.4) is 0 Å². The molecule has 4 heteroatoms. The Balaban J connectivity index is 4.02. The smallest absolute Gasteiger partial charge is 0.331 e. The first-order valence-electron chi connectivity index (χ1n) is 2.85. The fourth-order valence-corrected chi connectivity index (χ4v) is 0.391. The first-order valence-corrected chi connectivity index (χ1v) is 2.85. The molecule has 0 fully saturated rings. The first kappa shape index (κ1) is 9.13. The van der Waals surface area contributed by atoms with E-state index in [-0.39, 0.29) is 5.57 Å². The van der Waals surface area contributed by atoms with Crippen LogP contribution in [0.15, 0.2) is 11.6 Å². The number of aliphatic hydroxyl groups is 1. The van der Waals surface area contributed by atoms with Gasteiger partial charge >= 0.3 is 5.97 Å². The summed E-state index contributed by atoms with van der Waals surface area (Å²) < 4.78 is 0. The summed E-state index contributed by atoms with van der Waals surface area (Å²) in [4.78, 5) is 10.1. The number of likely N-dealkylation sites (N-methyl/N-ethyl adjacent to an activating group) is 1. The number of aliphatic carboxylic acids is 1. The fourth-order valence-electron chi connectivity index (χ4n) is 0.391. The van der Waals surface area contributed by atoms with E-state index in [2.05, 4.69) is 5.32 Å². The lowest BCUT2D eigenvalue weighted by Crippen LogP contribution is -2.22. The Hall–Kier alpha value is -0.870. The number of hydrogen-bond acceptors (Lipinski definition) is 3. The minimum Gasteiger partial charge on any atom is -0.478 e. The van der Waals surface area contributed by atoms with Crippen LogP contribution in [-0.4, -0.2) is 29.5 Å². The van der Waals surface area contributed by atoms with E-state index in [1.54, 1.807) is 0 Å². The first-order chi connectivity index (χ1) is 4.57. The molecule has 0 aromatic heterocycles. The summed E-state index contributed by atoms with van der Waals surface area (Å²) in [7, 11) is 1.54. The van der Waals surface area contributed by atoms with Crippen LogP contribution in [0.2, 0.25) is 0 Å². The van der Waals surface area contributed by atoms with Crippen LogP contribution in [0.25, 0.3) is 0 Å². The number of carboxylic acids is 1. The van der Waals surface area contributed by atoms with E-state index in [9.17, 15) is 4.79 Å². The van der Waals surface area contributed by atoms with Gasteiger partial charge in [0.15, 0.2) is 0 Å². The Morgan fingerprint density at radius 1 is 1.70 bits per heavy atom. The largest absolute Gasteiger partial charge is 0.478 e. The van der Waals surface area contributed by atoms with Crippen LogP contribution in [0.4, 0.5) is 0 Å². The summed E-state index contributed by atoms with van der Waals surface area (Å²) in [6.45, 7) is 1.42. The second-order valence-electron chi connectivity index (χ2n) is 1.89. The molecule has 0 heterocycles. The highest BCUT2D eigenvalue weighted by atomic mass is 16.4. The quantitative estimate of drug-likeness (QED) is 0.372. The summed E-state index contributed by atoms with van der Waals surface area (Å²) in [6.07, 6.45) is 0.346. The number of carboxylic acid groups (broad SMARTS) is 1. The molecule has 0 radical (unpaired) electrons. The minimum atomic E-state index is -1.02. The topological polar surface area (TPSA) is 69.6 Å². The van der Waals surface area contributed by atoms with Crippen LogP contribution in [0.1, 0.15) is 6.92 Å². The third-order valence-corrected chi connectivity index (χ3v) is 1.04. The summed E-state index contributed by atoms with van der Waals surface area (Å²) in [5, 5.41) is 19.6. The normalized spacial score (nSPS) is 14.9. The van der Waals surface area contributed by atoms with Crippen LogP contribution < -0.4 is 5.32 Å². The Morgan fingerprint density at radius 2 is 2.20 bits per heavy atom. The SMILES string of the molecule is CNC(O)/C=C(\C)C(=O)O. The summed E-state index contributed by atoms with van der Waals surface area (Å²) in [6, 6.07) is 0. The summed E-state index contributed by atoms with van der Waals surface area (Å²) >= 11 is 0. The molecule has 1 atom stereocenters. The van der Waals surface area contributed by atoms with E-state index >= 15 is 0 Å². The van der Waals surface area contributed by atoms with Crippen LogP contribution in [0, 0.1) is 0 Å². The van der Waals surface area contributed by atoms with Crippen molar-refractivity contribution in [3.8, 4) is 0 Å². The van der Waals surface area contributed by atoms with Gasteiger partial charge in [-0.2, -0.15) is 0 Å². The van der Waals surface area contributed by atoms with E-state index in [1.807, 2.05) is 0 Å². The Bertz CT molecular complexity index is 153. The number of aliphatic hydroxyl groups excluding tert-OH is 1. The molecule has 0 bridgehead atoms. The molecule has 1 unspecified atom stereocenters. The summed E-state index contributed by atoms with van der Waals surface area (Å²) in [5.74, 6) is -1.02. The second-order valence-corrected chi connectivity index (χ2v) is 1.89. The Morgan fingerprint density at radius 3 is 2.50 bits per heavy atom. The van der Waals surface area contributed by atoms with Crippen molar-refractivity contribution < 1.29 is 15.0 Å². The predicted molar refractivity (Wildman–Crippen MR) is 36.5 cm³/mol. The van der Waals surface area contributed by atoms with Crippen molar-refractivity contribution in [2.75, 3.05) is 7.05 Å². The lowest BCUT2D eigenvalue weighted by Gasteiger charge is -2.02. The van der Waals surface area contributed by atoms with Gasteiger partial charge in [0.1, 0.15) is 6.23 Å². The average molecular weight is 145 g/mol. The molecule has 0 rings (SSSR count). The maximum atomic E-state index is 10.1. The standard InChI is InChI=1S/C6H11NO3/c1-4(6(9)10)3-5(8)7-2/h3,5,7-8H,1-2H3,(H,9,10)/b4-3+. The zero-order valence-corrected chi connectivity index (χ0v) is 5.96. The lowest BCUT2D eigenvalue weighted by atomic mass is 10.3. The average Bonchev–Trinajstić information content (AvgIpc) is 1.87. The zero-order valence-electron chi connectivity index (χ0n) is 5.96. The fraction of sp³-hybridized carbons (Fsp3) is 0.500. The van der Waals surface area contributed by atoms with Crippen molar-refractivity contribution in [2.24, 2.45) is 0 Å². The molecule has 10 heavy (non-hydrogen) atoms. The molecule has 0 aliphatic rings. The molecule has 4 nitrogen and oxygen atoms in total. The van der Waals surface area contributed by atoms with Crippen molar-refractivity contribution in [3.63, 3.8) is 0 Å². The molecule has 3 N–H and O–H groups in total. The second kappa shape index (κ2) is 4.03. The van der Waals surface area contributed by atoms with Gasteiger partial charge in [0.25, 0.3) is 0 Å². The number of hydrogen-bond donors (Lipinski definition) is 3. The molecular weight excluding hydrogens is 134 g/mol. The van der Waals surface area contributed by atoms with Crippen LogP contribution in [-0.2, 0) is 4.79 Å². The third kappa shape index (κ3) is 3.21. The van der Waals surface area contributed by atoms with Gasteiger partial charge < -0.3 is 10.2 Å². The van der Waals surface area contributed by atoms with Gasteiger partial charge in [-0.25, -0.2) is 4.79 Å². The molecule has 0 saturated carbocycles. The molecule has 0 saturated heterocycles. The van der Waals surface area contributed by atoms with Crippen molar-refractivity contribution in [1.82, 2.24) is 5.32 Å². The van der Waals surface area contributed by atoms with Crippen molar-refractivity contribution >= 4 is 5.97 Å². The van der Waals surface area contributed by atoms with E-state index < -0.39 is 12.2 Å². The minimum absolute atomic E-state index is 0.127. The molecule has 0 spiro atoms. The molecule has 0 aliphatic carbocycles. The van der Waals surface area contributed by atoms with Gasteiger partial charge in [-0.1, -0.05) is 0 Å². The number of nitrogens with one attached hydrogen (secondary N) is 1. The highest BCUT2D eigenvalue weighted by Crippen LogP contribution is 1.92. The number of rotatable bonds is 3. The molecule has 0 aliphatic heterocycles. The van der Waals surface area contributed by atoms with Gasteiger partial charge in [-0.15, -0.1) is 0 Å². The van der Waals surface area contributed by atoms with Crippen LogP contribution >= 0.6 is 0 Å². The highest BCUT2D eigenvalue weighted by Gasteiger charge is 2.01. The van der Waals surface area contributed by atoms with E-state index in [0.717, 1.165) is 0 Å². The van der Waals surface area contributed by atoms with Gasteiger partial charge in [-0.05, 0) is 20.0 Å². The molecule has 0 aromatic rings. The predicted octanol–water partition coefficient (Wildman–Crippen LogP) is -0.445.